The number of sulfonamides is 1. The summed E-state index contributed by atoms with van der Waals surface area (Å²) in [6, 6.07) is 7.96. The first kappa shape index (κ1) is 15.3. The molecule has 7 heteroatoms. The first-order chi connectivity index (χ1) is 9.91. The Morgan fingerprint density at radius 2 is 1.86 bits per heavy atom. The summed E-state index contributed by atoms with van der Waals surface area (Å²) in [6.45, 7) is 0.312. The third-order valence-electron chi connectivity index (χ3n) is 2.94. The first-order valence-corrected chi connectivity index (χ1v) is 7.67. The van der Waals surface area contributed by atoms with Crippen LogP contribution in [0.25, 0.3) is 0 Å². The monoisotopic (exact) mass is 308 g/mol. The van der Waals surface area contributed by atoms with Crippen molar-refractivity contribution in [3.8, 4) is 0 Å². The second kappa shape index (κ2) is 6.11. The molecule has 1 N–H and O–H groups in total. The molecule has 1 heterocycles. The minimum absolute atomic E-state index is 0.220. The van der Waals surface area contributed by atoms with Crippen molar-refractivity contribution < 1.29 is 17.6 Å². The molecule has 0 unspecified atom stereocenters. The van der Waals surface area contributed by atoms with Crippen LogP contribution >= 0.6 is 0 Å². The molecule has 0 bridgehead atoms. The number of hydrogen-bond donors (Lipinski definition) is 1. The van der Waals surface area contributed by atoms with E-state index in [1.807, 2.05) is 0 Å². The number of carbonyl (C=O) groups is 1. The van der Waals surface area contributed by atoms with Crippen LogP contribution in [-0.4, -0.2) is 32.7 Å². The number of benzene rings is 1. The summed E-state index contributed by atoms with van der Waals surface area (Å²) >= 11 is 0. The Hall–Kier alpha value is -2.12. The summed E-state index contributed by atoms with van der Waals surface area (Å²) in [5.41, 5.74) is 1.26. The Morgan fingerprint density at radius 1 is 1.19 bits per heavy atom. The maximum absolute atomic E-state index is 11.9. The van der Waals surface area contributed by atoms with E-state index in [4.69, 9.17) is 4.42 Å². The summed E-state index contributed by atoms with van der Waals surface area (Å²) in [6.07, 6.45) is 2.79. The molecule has 0 saturated heterocycles. The van der Waals surface area contributed by atoms with E-state index in [2.05, 4.69) is 5.32 Å². The van der Waals surface area contributed by atoms with Crippen LogP contribution in [0.15, 0.2) is 52.2 Å². The van der Waals surface area contributed by atoms with Gasteiger partial charge in [0.25, 0.3) is 5.91 Å². The molecule has 112 valence electrons. The van der Waals surface area contributed by atoms with Gasteiger partial charge < -0.3 is 9.73 Å². The Bertz CT molecular complexity index is 704. The summed E-state index contributed by atoms with van der Waals surface area (Å²) < 4.78 is 29.8. The fourth-order valence-electron chi connectivity index (χ4n) is 1.67. The molecular formula is C14H16N2O4S. The molecule has 2 rings (SSSR count). The van der Waals surface area contributed by atoms with E-state index in [1.54, 1.807) is 18.2 Å². The number of rotatable bonds is 5. The topological polar surface area (TPSA) is 79.6 Å². The largest absolute Gasteiger partial charge is 0.472 e. The lowest BCUT2D eigenvalue weighted by Gasteiger charge is -2.11. The molecule has 0 aliphatic rings. The van der Waals surface area contributed by atoms with Crippen molar-refractivity contribution >= 4 is 15.9 Å². The fraction of sp³-hybridized carbons (Fsp3) is 0.214. The average Bonchev–Trinajstić information content (AvgIpc) is 2.99. The standard InChI is InChI=1S/C14H16N2O4S/c1-16(2)21(18,19)13-5-3-11(4-6-13)9-15-14(17)12-7-8-20-10-12/h3-8,10H,9H2,1-2H3,(H,15,17). The highest BCUT2D eigenvalue weighted by Crippen LogP contribution is 2.14. The van der Waals surface area contributed by atoms with Gasteiger partial charge in [0.1, 0.15) is 6.26 Å². The molecule has 0 saturated carbocycles. The van der Waals surface area contributed by atoms with E-state index in [0.717, 1.165) is 9.87 Å². The second-order valence-electron chi connectivity index (χ2n) is 4.63. The zero-order chi connectivity index (χ0) is 15.5. The van der Waals surface area contributed by atoms with E-state index < -0.39 is 10.0 Å². The predicted molar refractivity (Wildman–Crippen MR) is 77.2 cm³/mol. The number of furan rings is 1. The van der Waals surface area contributed by atoms with Crippen molar-refractivity contribution in [2.75, 3.05) is 14.1 Å². The lowest BCUT2D eigenvalue weighted by atomic mass is 10.2. The molecule has 1 amide bonds. The predicted octanol–water partition coefficient (Wildman–Crippen LogP) is 1.46. The summed E-state index contributed by atoms with van der Waals surface area (Å²) in [7, 11) is -0.466. The van der Waals surface area contributed by atoms with Crippen LogP contribution in [0.3, 0.4) is 0 Å². The van der Waals surface area contributed by atoms with Crippen molar-refractivity contribution in [1.82, 2.24) is 9.62 Å². The van der Waals surface area contributed by atoms with E-state index in [0.29, 0.717) is 12.1 Å². The van der Waals surface area contributed by atoms with Gasteiger partial charge in [0.2, 0.25) is 10.0 Å². The first-order valence-electron chi connectivity index (χ1n) is 6.23. The van der Waals surface area contributed by atoms with E-state index >= 15 is 0 Å². The number of carbonyl (C=O) groups excluding carboxylic acids is 1. The molecule has 0 radical (unpaired) electrons. The molecule has 0 atom stereocenters. The molecule has 2 aromatic rings. The van der Waals surface area contributed by atoms with Gasteiger partial charge in [-0.1, -0.05) is 12.1 Å². The Labute approximate surface area is 123 Å². The Balaban J connectivity index is 2.02. The zero-order valence-corrected chi connectivity index (χ0v) is 12.6. The maximum atomic E-state index is 11.9. The molecule has 1 aromatic heterocycles. The van der Waals surface area contributed by atoms with Crippen molar-refractivity contribution in [3.05, 3.63) is 54.0 Å². The van der Waals surface area contributed by atoms with E-state index in [9.17, 15) is 13.2 Å². The van der Waals surface area contributed by atoms with Crippen LogP contribution in [0, 0.1) is 0 Å². The highest BCUT2D eigenvalue weighted by molar-refractivity contribution is 7.89. The molecular weight excluding hydrogens is 292 g/mol. The summed E-state index contributed by atoms with van der Waals surface area (Å²) in [5.74, 6) is -0.242. The van der Waals surface area contributed by atoms with Gasteiger partial charge in [-0.05, 0) is 23.8 Å². The molecule has 1 aromatic carbocycles. The number of amides is 1. The lowest BCUT2D eigenvalue weighted by molar-refractivity contribution is 0.0950. The molecule has 0 fully saturated rings. The van der Waals surface area contributed by atoms with Crippen LogP contribution in [0.2, 0.25) is 0 Å². The minimum atomic E-state index is -3.43. The second-order valence-corrected chi connectivity index (χ2v) is 6.78. The van der Waals surface area contributed by atoms with Gasteiger partial charge in [-0.2, -0.15) is 0 Å². The molecule has 21 heavy (non-hydrogen) atoms. The summed E-state index contributed by atoms with van der Waals surface area (Å²) in [4.78, 5) is 11.9. The third kappa shape index (κ3) is 3.50. The number of nitrogens with one attached hydrogen (secondary N) is 1. The van der Waals surface area contributed by atoms with Gasteiger partial charge >= 0.3 is 0 Å². The fourth-order valence-corrected chi connectivity index (χ4v) is 2.57. The maximum Gasteiger partial charge on any atom is 0.254 e. The number of hydrogen-bond acceptors (Lipinski definition) is 4. The normalized spacial score (nSPS) is 11.6. The van der Waals surface area contributed by atoms with Crippen LogP contribution < -0.4 is 5.32 Å². The Kier molecular flexibility index (Phi) is 4.44. The highest BCUT2D eigenvalue weighted by atomic mass is 32.2. The van der Waals surface area contributed by atoms with Gasteiger partial charge in [0.05, 0.1) is 16.7 Å². The van der Waals surface area contributed by atoms with Crippen molar-refractivity contribution in [2.24, 2.45) is 0 Å². The van der Waals surface area contributed by atoms with Crippen molar-refractivity contribution in [2.45, 2.75) is 11.4 Å². The molecule has 0 aliphatic carbocycles. The van der Waals surface area contributed by atoms with E-state index in [1.165, 1.54) is 38.8 Å². The quantitative estimate of drug-likeness (QED) is 0.907. The SMILES string of the molecule is CN(C)S(=O)(=O)c1ccc(CNC(=O)c2ccoc2)cc1. The smallest absolute Gasteiger partial charge is 0.254 e. The van der Waals surface area contributed by atoms with Gasteiger partial charge in [-0.15, -0.1) is 0 Å². The van der Waals surface area contributed by atoms with Gasteiger partial charge in [-0.3, -0.25) is 4.79 Å². The summed E-state index contributed by atoms with van der Waals surface area (Å²) in [5, 5.41) is 2.72. The minimum Gasteiger partial charge on any atom is -0.472 e. The van der Waals surface area contributed by atoms with E-state index in [-0.39, 0.29) is 10.8 Å². The lowest BCUT2D eigenvalue weighted by Crippen LogP contribution is -2.23. The van der Waals surface area contributed by atoms with Crippen molar-refractivity contribution in [3.63, 3.8) is 0 Å². The molecule has 6 nitrogen and oxygen atoms in total. The van der Waals surface area contributed by atoms with Crippen LogP contribution in [0.4, 0.5) is 0 Å². The molecule has 0 aliphatic heterocycles. The van der Waals surface area contributed by atoms with Crippen LogP contribution in [0.5, 0.6) is 0 Å². The number of nitrogens with zero attached hydrogens (tertiary/aromatic N) is 1. The molecule has 0 spiro atoms. The average molecular weight is 308 g/mol. The Morgan fingerprint density at radius 3 is 2.38 bits per heavy atom. The van der Waals surface area contributed by atoms with Crippen molar-refractivity contribution in [1.29, 1.82) is 0 Å². The van der Waals surface area contributed by atoms with Gasteiger partial charge in [0.15, 0.2) is 0 Å². The van der Waals surface area contributed by atoms with Gasteiger partial charge in [0, 0.05) is 20.6 Å². The highest BCUT2D eigenvalue weighted by Gasteiger charge is 2.16. The zero-order valence-electron chi connectivity index (χ0n) is 11.7. The van der Waals surface area contributed by atoms with Gasteiger partial charge in [-0.25, -0.2) is 12.7 Å². The van der Waals surface area contributed by atoms with Crippen LogP contribution in [0.1, 0.15) is 15.9 Å². The van der Waals surface area contributed by atoms with Crippen LogP contribution in [-0.2, 0) is 16.6 Å². The third-order valence-corrected chi connectivity index (χ3v) is 4.77.